The number of hydrogen-bond donors (Lipinski definition) is 0. The Hall–Kier alpha value is -1.63. The predicted molar refractivity (Wildman–Crippen MR) is 68.5 cm³/mol. The van der Waals surface area contributed by atoms with Gasteiger partial charge in [-0.1, -0.05) is 44.2 Å². The van der Waals surface area contributed by atoms with Gasteiger partial charge in [0.05, 0.1) is 5.69 Å². The second-order valence-electron chi connectivity index (χ2n) is 4.45. The SMILES string of the molecule is Cc1cc(-c2ccccc2)ncc1C(C)C. The van der Waals surface area contributed by atoms with E-state index in [4.69, 9.17) is 0 Å². The Morgan fingerprint density at radius 1 is 1.06 bits per heavy atom. The van der Waals surface area contributed by atoms with Crippen LogP contribution in [-0.4, -0.2) is 4.98 Å². The summed E-state index contributed by atoms with van der Waals surface area (Å²) in [6.45, 7) is 6.56. The smallest absolute Gasteiger partial charge is 0.0704 e. The van der Waals surface area contributed by atoms with Crippen LogP contribution in [0, 0.1) is 6.92 Å². The number of rotatable bonds is 2. The molecule has 1 aromatic carbocycles. The van der Waals surface area contributed by atoms with Gasteiger partial charge < -0.3 is 0 Å². The number of aromatic nitrogens is 1. The van der Waals surface area contributed by atoms with Gasteiger partial charge in [-0.2, -0.15) is 0 Å². The molecule has 0 radical (unpaired) electrons. The molecule has 1 nitrogen and oxygen atoms in total. The number of benzene rings is 1. The van der Waals surface area contributed by atoms with Crippen molar-refractivity contribution >= 4 is 0 Å². The van der Waals surface area contributed by atoms with Crippen LogP contribution in [0.3, 0.4) is 0 Å². The van der Waals surface area contributed by atoms with E-state index >= 15 is 0 Å². The fraction of sp³-hybridized carbons (Fsp3) is 0.267. The minimum atomic E-state index is 0.539. The molecule has 0 saturated heterocycles. The van der Waals surface area contributed by atoms with E-state index in [2.05, 4.69) is 44.0 Å². The maximum atomic E-state index is 4.53. The summed E-state index contributed by atoms with van der Waals surface area (Å²) in [6.07, 6.45) is 2.00. The highest BCUT2D eigenvalue weighted by Crippen LogP contribution is 2.23. The van der Waals surface area contributed by atoms with Crippen LogP contribution in [0.5, 0.6) is 0 Å². The van der Waals surface area contributed by atoms with Crippen molar-refractivity contribution in [3.05, 3.63) is 53.7 Å². The highest BCUT2D eigenvalue weighted by Gasteiger charge is 2.06. The fourth-order valence-electron chi connectivity index (χ4n) is 1.94. The van der Waals surface area contributed by atoms with Crippen molar-refractivity contribution in [3.63, 3.8) is 0 Å². The first kappa shape index (κ1) is 10.9. The van der Waals surface area contributed by atoms with Gasteiger partial charge in [-0.25, -0.2) is 0 Å². The fourth-order valence-corrected chi connectivity index (χ4v) is 1.94. The van der Waals surface area contributed by atoms with Crippen LogP contribution in [-0.2, 0) is 0 Å². The van der Waals surface area contributed by atoms with E-state index < -0.39 is 0 Å². The summed E-state index contributed by atoms with van der Waals surface area (Å²) in [5.74, 6) is 0.539. The van der Waals surface area contributed by atoms with Crippen LogP contribution < -0.4 is 0 Å². The molecule has 0 spiro atoms. The molecule has 0 N–H and O–H groups in total. The highest BCUT2D eigenvalue weighted by molar-refractivity contribution is 5.60. The summed E-state index contributed by atoms with van der Waals surface area (Å²) >= 11 is 0. The third-order valence-electron chi connectivity index (χ3n) is 2.84. The lowest BCUT2D eigenvalue weighted by atomic mass is 9.99. The molecular formula is C15H17N. The molecule has 0 amide bonds. The van der Waals surface area contributed by atoms with Gasteiger partial charge in [0.25, 0.3) is 0 Å². The van der Waals surface area contributed by atoms with Crippen LogP contribution >= 0.6 is 0 Å². The number of aryl methyl sites for hydroxylation is 1. The molecule has 1 heteroatoms. The molecule has 0 aliphatic carbocycles. The lowest BCUT2D eigenvalue weighted by Crippen LogP contribution is -1.95. The van der Waals surface area contributed by atoms with E-state index in [1.807, 2.05) is 24.4 Å². The van der Waals surface area contributed by atoms with Crippen molar-refractivity contribution in [3.8, 4) is 11.3 Å². The van der Waals surface area contributed by atoms with Crippen LogP contribution in [0.2, 0.25) is 0 Å². The summed E-state index contributed by atoms with van der Waals surface area (Å²) < 4.78 is 0. The Morgan fingerprint density at radius 2 is 1.75 bits per heavy atom. The quantitative estimate of drug-likeness (QED) is 0.726. The maximum Gasteiger partial charge on any atom is 0.0704 e. The number of nitrogens with zero attached hydrogens (tertiary/aromatic N) is 1. The topological polar surface area (TPSA) is 12.9 Å². The van der Waals surface area contributed by atoms with Gasteiger partial charge in [0.2, 0.25) is 0 Å². The van der Waals surface area contributed by atoms with E-state index in [9.17, 15) is 0 Å². The second-order valence-corrected chi connectivity index (χ2v) is 4.45. The molecule has 0 fully saturated rings. The molecule has 0 atom stereocenters. The van der Waals surface area contributed by atoms with E-state index in [1.165, 1.54) is 16.7 Å². The summed E-state index contributed by atoms with van der Waals surface area (Å²) in [5.41, 5.74) is 4.90. The van der Waals surface area contributed by atoms with Crippen molar-refractivity contribution in [1.82, 2.24) is 4.98 Å². The van der Waals surface area contributed by atoms with Crippen LogP contribution in [0.1, 0.15) is 30.9 Å². The Labute approximate surface area is 97.2 Å². The largest absolute Gasteiger partial charge is 0.256 e. The first-order valence-electron chi connectivity index (χ1n) is 5.70. The Balaban J connectivity index is 2.43. The third-order valence-corrected chi connectivity index (χ3v) is 2.84. The lowest BCUT2D eigenvalue weighted by Gasteiger charge is -2.10. The zero-order valence-electron chi connectivity index (χ0n) is 10.1. The van der Waals surface area contributed by atoms with Gasteiger partial charge in [0, 0.05) is 11.8 Å². The molecule has 0 saturated carbocycles. The monoisotopic (exact) mass is 211 g/mol. The van der Waals surface area contributed by atoms with Crippen molar-refractivity contribution in [1.29, 1.82) is 0 Å². The zero-order chi connectivity index (χ0) is 11.5. The molecule has 1 aromatic heterocycles. The summed E-state index contributed by atoms with van der Waals surface area (Å²) in [5, 5.41) is 0. The molecule has 82 valence electrons. The third kappa shape index (κ3) is 2.13. The van der Waals surface area contributed by atoms with Crippen LogP contribution in [0.4, 0.5) is 0 Å². The van der Waals surface area contributed by atoms with Crippen molar-refractivity contribution in [2.24, 2.45) is 0 Å². The lowest BCUT2D eigenvalue weighted by molar-refractivity contribution is 0.848. The molecule has 0 bridgehead atoms. The predicted octanol–water partition coefficient (Wildman–Crippen LogP) is 4.18. The van der Waals surface area contributed by atoms with Gasteiger partial charge in [-0.3, -0.25) is 4.98 Å². The van der Waals surface area contributed by atoms with Crippen molar-refractivity contribution < 1.29 is 0 Å². The van der Waals surface area contributed by atoms with Gasteiger partial charge >= 0.3 is 0 Å². The van der Waals surface area contributed by atoms with Gasteiger partial charge in [0.1, 0.15) is 0 Å². The van der Waals surface area contributed by atoms with Gasteiger partial charge in [-0.05, 0) is 30.0 Å². The summed E-state index contributed by atoms with van der Waals surface area (Å²) in [4.78, 5) is 4.53. The van der Waals surface area contributed by atoms with Gasteiger partial charge in [0.15, 0.2) is 0 Å². The molecule has 0 aliphatic rings. The maximum absolute atomic E-state index is 4.53. The normalized spacial score (nSPS) is 10.8. The van der Waals surface area contributed by atoms with E-state index in [-0.39, 0.29) is 0 Å². The Morgan fingerprint density at radius 3 is 2.31 bits per heavy atom. The molecule has 0 aliphatic heterocycles. The minimum Gasteiger partial charge on any atom is -0.256 e. The van der Waals surface area contributed by atoms with E-state index in [0.717, 1.165) is 5.69 Å². The van der Waals surface area contributed by atoms with E-state index in [0.29, 0.717) is 5.92 Å². The van der Waals surface area contributed by atoms with Gasteiger partial charge in [-0.15, -0.1) is 0 Å². The average molecular weight is 211 g/mol. The first-order chi connectivity index (χ1) is 7.68. The standard InChI is InChI=1S/C15H17N/c1-11(2)14-10-16-15(9-12(14)3)13-7-5-4-6-8-13/h4-11H,1-3H3. The average Bonchev–Trinajstić information content (AvgIpc) is 2.29. The minimum absolute atomic E-state index is 0.539. The molecule has 16 heavy (non-hydrogen) atoms. The van der Waals surface area contributed by atoms with Crippen LogP contribution in [0.25, 0.3) is 11.3 Å². The summed E-state index contributed by atoms with van der Waals surface area (Å²) in [6, 6.07) is 12.5. The molecular weight excluding hydrogens is 194 g/mol. The summed E-state index contributed by atoms with van der Waals surface area (Å²) in [7, 11) is 0. The number of hydrogen-bond acceptors (Lipinski definition) is 1. The van der Waals surface area contributed by atoms with Crippen molar-refractivity contribution in [2.45, 2.75) is 26.7 Å². The molecule has 2 aromatic rings. The second kappa shape index (κ2) is 4.48. The highest BCUT2D eigenvalue weighted by atomic mass is 14.7. The molecule has 2 rings (SSSR count). The molecule has 1 heterocycles. The zero-order valence-corrected chi connectivity index (χ0v) is 10.1. The first-order valence-corrected chi connectivity index (χ1v) is 5.70. The Bertz CT molecular complexity index is 472. The number of pyridine rings is 1. The molecule has 0 unspecified atom stereocenters. The van der Waals surface area contributed by atoms with Crippen molar-refractivity contribution in [2.75, 3.05) is 0 Å². The Kier molecular flexibility index (Phi) is 3.04. The van der Waals surface area contributed by atoms with Crippen LogP contribution in [0.15, 0.2) is 42.6 Å². The van der Waals surface area contributed by atoms with E-state index in [1.54, 1.807) is 0 Å².